The van der Waals surface area contributed by atoms with Crippen LogP contribution in [0.15, 0.2) is 54.0 Å². The summed E-state index contributed by atoms with van der Waals surface area (Å²) in [6.45, 7) is 11.4. The number of allylic oxidation sites excluding steroid dienone is 4. The van der Waals surface area contributed by atoms with E-state index in [1.54, 1.807) is 6.92 Å². The predicted octanol–water partition coefficient (Wildman–Crippen LogP) is 5.08. The van der Waals surface area contributed by atoms with Crippen molar-refractivity contribution in [1.29, 1.82) is 0 Å². The van der Waals surface area contributed by atoms with Crippen LogP contribution in [0.1, 0.15) is 74.7 Å². The molecule has 38 heavy (non-hydrogen) atoms. The van der Waals surface area contributed by atoms with E-state index in [4.69, 9.17) is 9.84 Å². The largest absolute Gasteiger partial charge is 0.381 e. The second kappa shape index (κ2) is 10.4. The van der Waals surface area contributed by atoms with Gasteiger partial charge in [-0.05, 0) is 62.3 Å². The Morgan fingerprint density at radius 1 is 1.16 bits per heavy atom. The highest BCUT2D eigenvalue weighted by Gasteiger charge is 2.34. The molecule has 1 aliphatic carbocycles. The molecule has 5 heterocycles. The Bertz CT molecular complexity index is 1280. The van der Waals surface area contributed by atoms with E-state index < -0.39 is 0 Å². The normalized spacial score (nSPS) is 21.8. The van der Waals surface area contributed by atoms with Crippen molar-refractivity contribution >= 4 is 17.5 Å². The van der Waals surface area contributed by atoms with Crippen molar-refractivity contribution in [3.8, 4) is 0 Å². The number of ether oxygens (including phenoxy) is 1. The zero-order valence-corrected chi connectivity index (χ0v) is 22.6. The van der Waals surface area contributed by atoms with Crippen LogP contribution in [0.25, 0.3) is 0 Å². The number of nitrogens with zero attached hydrogens (tertiary/aromatic N) is 5. The number of fused-ring (bicyclic) bond motifs is 1. The van der Waals surface area contributed by atoms with Gasteiger partial charge in [-0.1, -0.05) is 18.7 Å². The number of hydrogen-bond donors (Lipinski definition) is 1. The number of carbonyl (C=O) groups excluding carboxylic acids is 1. The Morgan fingerprint density at radius 2 is 2.00 bits per heavy atom. The minimum absolute atomic E-state index is 0.137. The van der Waals surface area contributed by atoms with Gasteiger partial charge in [-0.25, -0.2) is 4.98 Å². The molecule has 200 valence electrons. The Morgan fingerprint density at radius 3 is 2.74 bits per heavy atom. The van der Waals surface area contributed by atoms with E-state index in [2.05, 4.69) is 44.7 Å². The van der Waals surface area contributed by atoms with Gasteiger partial charge in [0.15, 0.2) is 5.82 Å². The lowest BCUT2D eigenvalue weighted by Crippen LogP contribution is -2.36. The van der Waals surface area contributed by atoms with Crippen LogP contribution in [0.2, 0.25) is 0 Å². The van der Waals surface area contributed by atoms with Gasteiger partial charge in [0.25, 0.3) is 0 Å². The molecule has 1 unspecified atom stereocenters. The van der Waals surface area contributed by atoms with Gasteiger partial charge in [0.2, 0.25) is 5.91 Å². The van der Waals surface area contributed by atoms with Gasteiger partial charge in [-0.15, -0.1) is 0 Å². The summed E-state index contributed by atoms with van der Waals surface area (Å²) in [5.74, 6) is 2.33. The highest BCUT2D eigenvalue weighted by atomic mass is 16.5. The molecule has 0 saturated carbocycles. The van der Waals surface area contributed by atoms with Gasteiger partial charge < -0.3 is 19.9 Å². The number of pyridine rings is 1. The Labute approximate surface area is 225 Å². The number of hydrogen-bond acceptors (Lipinski definition) is 6. The molecule has 4 aliphatic rings. The Balaban J connectivity index is 1.30. The SMILES string of the molecule is C=C(C)Nc1ccc(C2C=CC3=C(CCCN3c3nn(C4CCOCC4)c4c3CN(C(C)=O)CC4)C2)cn1. The molecule has 1 fully saturated rings. The van der Waals surface area contributed by atoms with Crippen molar-refractivity contribution in [2.75, 3.05) is 36.5 Å². The van der Waals surface area contributed by atoms with Crippen molar-refractivity contribution in [3.63, 3.8) is 0 Å². The van der Waals surface area contributed by atoms with Gasteiger partial charge in [0.05, 0.1) is 12.6 Å². The third-order valence-corrected chi connectivity index (χ3v) is 8.32. The molecule has 2 aromatic rings. The topological polar surface area (TPSA) is 75.5 Å². The molecular formula is C30H38N6O2. The third kappa shape index (κ3) is 4.77. The van der Waals surface area contributed by atoms with E-state index >= 15 is 0 Å². The first-order valence-corrected chi connectivity index (χ1v) is 14.0. The van der Waals surface area contributed by atoms with Crippen LogP contribution in [-0.2, 0) is 22.5 Å². The molecule has 0 aromatic carbocycles. The van der Waals surface area contributed by atoms with E-state index in [0.717, 1.165) is 82.2 Å². The lowest BCUT2D eigenvalue weighted by atomic mass is 9.84. The summed E-state index contributed by atoms with van der Waals surface area (Å²) >= 11 is 0. The fourth-order valence-electron chi connectivity index (χ4n) is 6.36. The molecule has 1 amide bonds. The lowest BCUT2D eigenvalue weighted by Gasteiger charge is -2.36. The van der Waals surface area contributed by atoms with Gasteiger partial charge in [-0.3, -0.25) is 9.48 Å². The maximum atomic E-state index is 12.3. The lowest BCUT2D eigenvalue weighted by molar-refractivity contribution is -0.129. The van der Waals surface area contributed by atoms with E-state index in [1.807, 2.05) is 24.1 Å². The average Bonchev–Trinajstić information content (AvgIpc) is 3.32. The number of carbonyl (C=O) groups is 1. The van der Waals surface area contributed by atoms with Crippen LogP contribution in [-0.4, -0.2) is 51.9 Å². The fourth-order valence-corrected chi connectivity index (χ4v) is 6.36. The predicted molar refractivity (Wildman–Crippen MR) is 149 cm³/mol. The Kier molecular flexibility index (Phi) is 6.82. The number of nitrogens with one attached hydrogen (secondary N) is 1. The minimum Gasteiger partial charge on any atom is -0.381 e. The molecule has 0 spiro atoms. The van der Waals surface area contributed by atoms with Crippen LogP contribution in [0.4, 0.5) is 11.6 Å². The van der Waals surface area contributed by atoms with Gasteiger partial charge in [0, 0.05) is 74.4 Å². The van der Waals surface area contributed by atoms with Crippen LogP contribution >= 0.6 is 0 Å². The number of anilines is 2. The zero-order valence-electron chi connectivity index (χ0n) is 22.6. The van der Waals surface area contributed by atoms with Gasteiger partial charge in [-0.2, -0.15) is 5.10 Å². The monoisotopic (exact) mass is 514 g/mol. The second-order valence-corrected chi connectivity index (χ2v) is 11.0. The van der Waals surface area contributed by atoms with Crippen molar-refractivity contribution in [2.45, 2.75) is 70.9 Å². The van der Waals surface area contributed by atoms with Crippen LogP contribution in [0, 0.1) is 0 Å². The van der Waals surface area contributed by atoms with Crippen LogP contribution in [0.5, 0.6) is 0 Å². The molecule has 1 N–H and O–H groups in total. The first kappa shape index (κ1) is 24.9. The highest BCUT2D eigenvalue weighted by molar-refractivity contribution is 5.74. The third-order valence-electron chi connectivity index (χ3n) is 8.32. The van der Waals surface area contributed by atoms with Gasteiger partial charge >= 0.3 is 0 Å². The summed E-state index contributed by atoms with van der Waals surface area (Å²) in [6.07, 6.45) is 12.7. The van der Waals surface area contributed by atoms with E-state index in [9.17, 15) is 4.79 Å². The van der Waals surface area contributed by atoms with E-state index in [1.165, 1.54) is 28.1 Å². The Hall–Kier alpha value is -3.39. The fraction of sp³-hybridized carbons (Fsp3) is 0.500. The number of aromatic nitrogens is 3. The summed E-state index contributed by atoms with van der Waals surface area (Å²) in [7, 11) is 0. The first-order chi connectivity index (χ1) is 18.5. The summed E-state index contributed by atoms with van der Waals surface area (Å²) < 4.78 is 7.94. The molecule has 3 aliphatic heterocycles. The highest BCUT2D eigenvalue weighted by Crippen LogP contribution is 2.41. The maximum Gasteiger partial charge on any atom is 0.219 e. The average molecular weight is 515 g/mol. The summed E-state index contributed by atoms with van der Waals surface area (Å²) in [5, 5.41) is 8.48. The van der Waals surface area contributed by atoms with Gasteiger partial charge in [0.1, 0.15) is 5.82 Å². The van der Waals surface area contributed by atoms with Crippen LogP contribution < -0.4 is 10.2 Å². The zero-order chi connectivity index (χ0) is 26.2. The molecule has 8 nitrogen and oxygen atoms in total. The number of rotatable bonds is 5. The first-order valence-electron chi connectivity index (χ1n) is 14.0. The van der Waals surface area contributed by atoms with Crippen molar-refractivity contribution in [2.24, 2.45) is 0 Å². The molecule has 0 bridgehead atoms. The van der Waals surface area contributed by atoms with Crippen molar-refractivity contribution < 1.29 is 9.53 Å². The molecule has 1 atom stereocenters. The summed E-state index contributed by atoms with van der Waals surface area (Å²) in [6, 6.07) is 4.57. The van der Waals surface area contributed by atoms with Crippen LogP contribution in [0.3, 0.4) is 0 Å². The quantitative estimate of drug-likeness (QED) is 0.600. The molecule has 0 radical (unpaired) electrons. The molecule has 2 aromatic heterocycles. The van der Waals surface area contributed by atoms with E-state index in [0.29, 0.717) is 18.5 Å². The van der Waals surface area contributed by atoms with Crippen molar-refractivity contribution in [3.05, 3.63) is 70.8 Å². The molecular weight excluding hydrogens is 476 g/mol. The maximum absolute atomic E-state index is 12.3. The standard InChI is InChI=1S/C30H38N6O2/c1-20(2)32-29-9-7-24(18-31-29)22-6-8-27-23(17-22)5-4-13-35(27)30-26-19-34(21(3)37)14-10-28(26)36(33-30)25-11-15-38-16-12-25/h6-9,18,22,25H,1,4-5,10-17,19H2,2-3H3,(H,31,32). The number of amides is 1. The molecule has 8 heteroatoms. The smallest absolute Gasteiger partial charge is 0.219 e. The van der Waals surface area contributed by atoms with E-state index in [-0.39, 0.29) is 5.91 Å². The molecule has 1 saturated heterocycles. The minimum atomic E-state index is 0.137. The van der Waals surface area contributed by atoms with Crippen molar-refractivity contribution in [1.82, 2.24) is 19.7 Å². The summed E-state index contributed by atoms with van der Waals surface area (Å²) in [4.78, 5) is 21.3. The molecule has 6 rings (SSSR count). The summed E-state index contributed by atoms with van der Waals surface area (Å²) in [5.41, 5.74) is 7.43. The second-order valence-electron chi connectivity index (χ2n) is 11.0.